The molecule has 11 rings (SSSR count). The molecule has 3 heteroatoms. The zero-order chi connectivity index (χ0) is 34.9. The highest BCUT2D eigenvalue weighted by molar-refractivity contribution is 6.20. The molecule has 0 saturated carbocycles. The molecular formula is C50H32N2O. The lowest BCUT2D eigenvalue weighted by Crippen LogP contribution is -2.11. The molecule has 248 valence electrons. The number of furan rings is 1. The monoisotopic (exact) mass is 676 g/mol. The van der Waals surface area contributed by atoms with Gasteiger partial charge in [-0.1, -0.05) is 127 Å². The molecule has 0 atom stereocenters. The van der Waals surface area contributed by atoms with E-state index in [1.54, 1.807) is 0 Å². The van der Waals surface area contributed by atoms with Crippen molar-refractivity contribution in [2.75, 3.05) is 4.90 Å². The highest BCUT2D eigenvalue weighted by atomic mass is 16.3. The second-order valence-corrected chi connectivity index (χ2v) is 13.7. The molecule has 0 fully saturated rings. The number of nitrogens with zero attached hydrogens (tertiary/aromatic N) is 2. The maximum atomic E-state index is 6.45. The van der Waals surface area contributed by atoms with Crippen molar-refractivity contribution in [3.63, 3.8) is 0 Å². The van der Waals surface area contributed by atoms with E-state index in [-0.39, 0.29) is 0 Å². The Kier molecular flexibility index (Phi) is 6.55. The van der Waals surface area contributed by atoms with Crippen molar-refractivity contribution < 1.29 is 4.42 Å². The van der Waals surface area contributed by atoms with Crippen LogP contribution in [-0.4, -0.2) is 4.57 Å². The van der Waals surface area contributed by atoms with Gasteiger partial charge in [-0.3, -0.25) is 0 Å². The third-order valence-corrected chi connectivity index (χ3v) is 10.7. The van der Waals surface area contributed by atoms with E-state index >= 15 is 0 Å². The molecule has 11 aromatic rings. The molecule has 0 spiro atoms. The van der Waals surface area contributed by atoms with E-state index in [9.17, 15) is 0 Å². The van der Waals surface area contributed by atoms with Crippen LogP contribution in [0.25, 0.3) is 82.1 Å². The van der Waals surface area contributed by atoms with E-state index < -0.39 is 0 Å². The van der Waals surface area contributed by atoms with Gasteiger partial charge in [0.2, 0.25) is 0 Å². The van der Waals surface area contributed by atoms with Crippen molar-refractivity contribution in [1.29, 1.82) is 0 Å². The van der Waals surface area contributed by atoms with Gasteiger partial charge in [0.15, 0.2) is 0 Å². The van der Waals surface area contributed by atoms with Crippen LogP contribution in [0.15, 0.2) is 199 Å². The van der Waals surface area contributed by atoms with Gasteiger partial charge in [0, 0.05) is 44.0 Å². The van der Waals surface area contributed by atoms with Gasteiger partial charge < -0.3 is 13.9 Å². The number of hydrogen-bond donors (Lipinski definition) is 0. The Hall–Kier alpha value is -7.10. The van der Waals surface area contributed by atoms with E-state index in [4.69, 9.17) is 4.42 Å². The lowest BCUT2D eigenvalue weighted by Gasteiger charge is -2.28. The zero-order valence-corrected chi connectivity index (χ0v) is 28.8. The molecule has 3 nitrogen and oxygen atoms in total. The summed E-state index contributed by atoms with van der Waals surface area (Å²) in [6.07, 6.45) is 0. The Morgan fingerprint density at radius 1 is 0.377 bits per heavy atom. The van der Waals surface area contributed by atoms with Crippen LogP contribution in [0.1, 0.15) is 0 Å². The average molecular weight is 677 g/mol. The van der Waals surface area contributed by atoms with Crippen LogP contribution >= 0.6 is 0 Å². The standard InChI is InChI=1S/C50H32N2O/c1-2-12-33(13-3-1)34-26-28-37(29-27-34)51(38-15-11-16-39(31-38)52-45-20-7-4-17-40(45)41-18-5-8-21-46(41)52)47-22-10-14-35-24-25-36-30-44-42-19-6-9-23-48(42)53-49(44)32-43(36)50(35)47/h1-32H. The summed E-state index contributed by atoms with van der Waals surface area (Å²) in [4.78, 5) is 2.41. The van der Waals surface area contributed by atoms with Gasteiger partial charge in [0.25, 0.3) is 0 Å². The van der Waals surface area contributed by atoms with Gasteiger partial charge in [0.05, 0.1) is 16.7 Å². The number of benzene rings is 9. The Bertz CT molecular complexity index is 3120. The van der Waals surface area contributed by atoms with Crippen molar-refractivity contribution in [3.8, 4) is 16.8 Å². The zero-order valence-electron chi connectivity index (χ0n) is 28.8. The fraction of sp³-hybridized carbons (Fsp3) is 0. The van der Waals surface area contributed by atoms with E-state index in [1.807, 2.05) is 6.07 Å². The highest BCUT2D eigenvalue weighted by Crippen LogP contribution is 2.44. The first kappa shape index (κ1) is 29.6. The van der Waals surface area contributed by atoms with Crippen LogP contribution in [0.3, 0.4) is 0 Å². The summed E-state index contributed by atoms with van der Waals surface area (Å²) < 4.78 is 8.84. The van der Waals surface area contributed by atoms with Crippen LogP contribution in [0, 0.1) is 0 Å². The van der Waals surface area contributed by atoms with Crippen LogP contribution in [0.5, 0.6) is 0 Å². The molecule has 0 radical (unpaired) electrons. The highest BCUT2D eigenvalue weighted by Gasteiger charge is 2.20. The van der Waals surface area contributed by atoms with Crippen molar-refractivity contribution in [1.82, 2.24) is 4.57 Å². The van der Waals surface area contributed by atoms with Crippen LogP contribution in [0.2, 0.25) is 0 Å². The van der Waals surface area contributed by atoms with E-state index in [0.29, 0.717) is 0 Å². The van der Waals surface area contributed by atoms with Crippen molar-refractivity contribution in [2.24, 2.45) is 0 Å². The van der Waals surface area contributed by atoms with Crippen LogP contribution in [0.4, 0.5) is 17.1 Å². The fourth-order valence-electron chi connectivity index (χ4n) is 8.33. The number of fused-ring (bicyclic) bond motifs is 9. The summed E-state index contributed by atoms with van der Waals surface area (Å²) >= 11 is 0. The third-order valence-electron chi connectivity index (χ3n) is 10.7. The molecule has 0 unspecified atom stereocenters. The minimum Gasteiger partial charge on any atom is -0.456 e. The maximum absolute atomic E-state index is 6.45. The number of para-hydroxylation sites is 3. The van der Waals surface area contributed by atoms with Gasteiger partial charge in [-0.15, -0.1) is 0 Å². The summed E-state index contributed by atoms with van der Waals surface area (Å²) in [7, 11) is 0. The average Bonchev–Trinajstić information content (AvgIpc) is 3.76. The van der Waals surface area contributed by atoms with E-state index in [2.05, 4.69) is 198 Å². The minimum absolute atomic E-state index is 0.896. The van der Waals surface area contributed by atoms with Gasteiger partial charge in [-0.2, -0.15) is 0 Å². The van der Waals surface area contributed by atoms with Gasteiger partial charge >= 0.3 is 0 Å². The third kappa shape index (κ3) is 4.68. The first-order chi connectivity index (χ1) is 26.3. The van der Waals surface area contributed by atoms with Crippen molar-refractivity contribution >= 4 is 82.4 Å². The molecule has 0 aliphatic carbocycles. The summed E-state index contributed by atoms with van der Waals surface area (Å²) in [5.74, 6) is 0. The molecule has 53 heavy (non-hydrogen) atoms. The first-order valence-corrected chi connectivity index (χ1v) is 18.1. The number of rotatable bonds is 5. The number of anilines is 3. The van der Waals surface area contributed by atoms with Crippen LogP contribution in [-0.2, 0) is 0 Å². The molecule has 9 aromatic carbocycles. The number of aromatic nitrogens is 1. The predicted octanol–water partition coefficient (Wildman–Crippen LogP) is 14.1. The topological polar surface area (TPSA) is 21.3 Å². The van der Waals surface area contributed by atoms with E-state index in [1.165, 1.54) is 49.1 Å². The first-order valence-electron chi connectivity index (χ1n) is 18.1. The molecule has 2 heterocycles. The molecule has 0 bridgehead atoms. The fourth-order valence-corrected chi connectivity index (χ4v) is 8.33. The van der Waals surface area contributed by atoms with Crippen LogP contribution < -0.4 is 4.90 Å². The molecule has 0 N–H and O–H groups in total. The second-order valence-electron chi connectivity index (χ2n) is 13.7. The predicted molar refractivity (Wildman–Crippen MR) is 223 cm³/mol. The normalized spacial score (nSPS) is 11.8. The Morgan fingerprint density at radius 2 is 1.04 bits per heavy atom. The summed E-state index contributed by atoms with van der Waals surface area (Å²) in [5, 5.41) is 9.48. The van der Waals surface area contributed by atoms with Gasteiger partial charge in [-0.05, 0) is 94.0 Å². The largest absolute Gasteiger partial charge is 0.456 e. The second kappa shape index (κ2) is 11.7. The lowest BCUT2D eigenvalue weighted by molar-refractivity contribution is 0.669. The molecule has 0 aliphatic heterocycles. The summed E-state index contributed by atoms with van der Waals surface area (Å²) in [5.41, 5.74) is 10.9. The van der Waals surface area contributed by atoms with Gasteiger partial charge in [-0.25, -0.2) is 0 Å². The summed E-state index contributed by atoms with van der Waals surface area (Å²) in [6, 6.07) is 69.8. The Balaban J connectivity index is 1.17. The lowest BCUT2D eigenvalue weighted by atomic mass is 9.97. The molecule has 0 saturated heterocycles. The Morgan fingerprint density at radius 3 is 1.83 bits per heavy atom. The minimum atomic E-state index is 0.896. The van der Waals surface area contributed by atoms with Crippen molar-refractivity contribution in [3.05, 3.63) is 194 Å². The maximum Gasteiger partial charge on any atom is 0.136 e. The molecule has 0 aliphatic rings. The molecule has 0 amide bonds. The quantitative estimate of drug-likeness (QED) is 0.169. The SMILES string of the molecule is c1ccc(-c2ccc(N(c3cccc(-n4c5ccccc5c5ccccc54)c3)c3cccc4ccc5cc6c(cc5c34)oc3ccccc36)cc2)cc1. The van der Waals surface area contributed by atoms with Crippen molar-refractivity contribution in [2.45, 2.75) is 0 Å². The van der Waals surface area contributed by atoms with E-state index in [0.717, 1.165) is 50.1 Å². The summed E-state index contributed by atoms with van der Waals surface area (Å²) in [6.45, 7) is 0. The molecular weight excluding hydrogens is 645 g/mol. The Labute approximate surface area is 306 Å². The smallest absolute Gasteiger partial charge is 0.136 e. The number of hydrogen-bond acceptors (Lipinski definition) is 2. The van der Waals surface area contributed by atoms with Gasteiger partial charge in [0.1, 0.15) is 11.2 Å². The molecule has 2 aromatic heterocycles.